The van der Waals surface area contributed by atoms with Gasteiger partial charge in [0, 0.05) is 35.4 Å². The molecule has 3 heterocycles. The van der Waals surface area contributed by atoms with E-state index < -0.39 is 0 Å². The molecule has 5 rings (SSSR count). The van der Waals surface area contributed by atoms with Crippen molar-refractivity contribution in [3.63, 3.8) is 0 Å². The van der Waals surface area contributed by atoms with Gasteiger partial charge in [0.1, 0.15) is 0 Å². The number of nitrogens with one attached hydrogen (secondary N) is 1. The number of aromatic amines is 1. The molecule has 0 aliphatic carbocycles. The number of benzene rings is 2. The van der Waals surface area contributed by atoms with Gasteiger partial charge in [0.05, 0.1) is 12.2 Å². The van der Waals surface area contributed by atoms with Gasteiger partial charge in [-0.2, -0.15) is 5.21 Å². The minimum Gasteiger partial charge on any atom is -0.292 e. The fraction of sp³-hybridized carbons (Fsp3) is 0.276. The van der Waals surface area contributed by atoms with Crippen molar-refractivity contribution < 1.29 is 0 Å². The molecule has 0 radical (unpaired) electrons. The van der Waals surface area contributed by atoms with Gasteiger partial charge in [-0.1, -0.05) is 69.7 Å². The summed E-state index contributed by atoms with van der Waals surface area (Å²) < 4.78 is 3.75. The number of tetrazole rings is 1. The van der Waals surface area contributed by atoms with E-state index in [9.17, 15) is 4.79 Å². The van der Waals surface area contributed by atoms with Crippen molar-refractivity contribution in [1.82, 2.24) is 34.7 Å². The lowest BCUT2D eigenvalue weighted by Crippen LogP contribution is -2.26. The number of hydrogen-bond acceptors (Lipinski definition) is 5. The molecular formula is C29H31N7O. The van der Waals surface area contributed by atoms with Crippen molar-refractivity contribution in [2.45, 2.75) is 53.0 Å². The summed E-state index contributed by atoms with van der Waals surface area (Å²) in [7, 11) is 0. The lowest BCUT2D eigenvalue weighted by molar-refractivity contribution is 0.690. The van der Waals surface area contributed by atoms with Crippen LogP contribution in [-0.2, 0) is 13.0 Å². The number of H-pyrrole nitrogens is 1. The maximum Gasteiger partial charge on any atom is 0.333 e. The van der Waals surface area contributed by atoms with Crippen LogP contribution < -0.4 is 5.69 Å². The smallest absolute Gasteiger partial charge is 0.292 e. The van der Waals surface area contributed by atoms with Crippen molar-refractivity contribution in [2.24, 2.45) is 0 Å². The number of hydrogen-bond donors (Lipinski definition) is 1. The molecule has 3 aromatic heterocycles. The average molecular weight is 494 g/mol. The second kappa shape index (κ2) is 10.3. The summed E-state index contributed by atoms with van der Waals surface area (Å²) in [6, 6.07) is 16.4. The van der Waals surface area contributed by atoms with Crippen LogP contribution in [0.1, 0.15) is 55.5 Å². The second-order valence-electron chi connectivity index (χ2n) is 9.63. The molecule has 5 aromatic rings. The topological polar surface area (TPSA) is 94.3 Å². The van der Waals surface area contributed by atoms with Gasteiger partial charge in [-0.15, -0.1) is 10.2 Å². The fourth-order valence-electron chi connectivity index (χ4n) is 4.86. The Labute approximate surface area is 216 Å². The Morgan fingerprint density at radius 2 is 1.84 bits per heavy atom. The number of para-hydroxylation sites is 1. The number of pyridine rings is 1. The highest BCUT2D eigenvalue weighted by atomic mass is 16.1. The third kappa shape index (κ3) is 4.74. The Hall–Kier alpha value is -4.33. The molecule has 0 amide bonds. The molecule has 2 aromatic carbocycles. The first-order valence-corrected chi connectivity index (χ1v) is 12.7. The highest BCUT2D eigenvalue weighted by Crippen LogP contribution is 2.29. The molecule has 0 atom stereocenters. The minimum absolute atomic E-state index is 0.00428. The first kappa shape index (κ1) is 24.4. The van der Waals surface area contributed by atoms with Crippen LogP contribution in [0.25, 0.3) is 28.2 Å². The zero-order chi connectivity index (χ0) is 25.9. The van der Waals surface area contributed by atoms with E-state index in [2.05, 4.69) is 95.8 Å². The van der Waals surface area contributed by atoms with Gasteiger partial charge in [-0.25, -0.2) is 4.79 Å². The summed E-state index contributed by atoms with van der Waals surface area (Å²) in [4.78, 5) is 18.0. The molecule has 0 saturated carbocycles. The number of aryl methyl sites for hydroxylation is 2. The molecule has 37 heavy (non-hydrogen) atoms. The normalized spacial score (nSPS) is 11.4. The maximum atomic E-state index is 13.8. The molecule has 0 spiro atoms. The molecule has 0 aliphatic heterocycles. The van der Waals surface area contributed by atoms with Crippen LogP contribution in [0.3, 0.4) is 0 Å². The number of imidazole rings is 1. The molecule has 0 unspecified atom stereocenters. The Balaban J connectivity index is 1.51. The summed E-state index contributed by atoms with van der Waals surface area (Å²) in [6.45, 7) is 9.06. The molecule has 8 heteroatoms. The number of rotatable bonds is 8. The van der Waals surface area contributed by atoms with E-state index in [-0.39, 0.29) is 5.69 Å². The first-order chi connectivity index (χ1) is 18.0. The molecule has 188 valence electrons. The van der Waals surface area contributed by atoms with Gasteiger partial charge < -0.3 is 0 Å². The van der Waals surface area contributed by atoms with E-state index >= 15 is 0 Å². The van der Waals surface area contributed by atoms with Crippen molar-refractivity contribution in [3.05, 3.63) is 100.0 Å². The number of aromatic nitrogens is 7. The lowest BCUT2D eigenvalue weighted by atomic mass is 9.98. The average Bonchev–Trinajstić information content (AvgIpc) is 3.54. The zero-order valence-corrected chi connectivity index (χ0v) is 21.6. The maximum absolute atomic E-state index is 13.8. The Morgan fingerprint density at radius 3 is 2.54 bits per heavy atom. The third-order valence-electron chi connectivity index (χ3n) is 6.71. The predicted molar refractivity (Wildman–Crippen MR) is 145 cm³/mol. The van der Waals surface area contributed by atoms with Gasteiger partial charge in [0.15, 0.2) is 0 Å². The highest BCUT2D eigenvalue weighted by molar-refractivity contribution is 5.79. The molecular weight excluding hydrogens is 462 g/mol. The standard InChI is InChI=1S/C29H31N7O/c1-5-7-23-18-36(27-20(4)8-6-9-24(27)19(2)3)29(37)35(23)17-21-10-12-22(13-11-21)26-16-30-15-14-25(26)28-31-33-34-32-28/h6,8-16,18-19H,5,7,17H2,1-4H3,(H,31,32,33,34). The minimum atomic E-state index is -0.00428. The Kier molecular flexibility index (Phi) is 6.81. The molecule has 0 fully saturated rings. The van der Waals surface area contributed by atoms with Gasteiger partial charge in [0.25, 0.3) is 0 Å². The van der Waals surface area contributed by atoms with Crippen LogP contribution >= 0.6 is 0 Å². The van der Waals surface area contributed by atoms with Crippen LogP contribution in [0.15, 0.2) is 71.9 Å². The highest BCUT2D eigenvalue weighted by Gasteiger charge is 2.18. The van der Waals surface area contributed by atoms with Crippen molar-refractivity contribution in [3.8, 4) is 28.2 Å². The Bertz CT molecular complexity index is 1560. The molecule has 1 N–H and O–H groups in total. The molecule has 8 nitrogen and oxygen atoms in total. The summed E-state index contributed by atoms with van der Waals surface area (Å²) in [5.74, 6) is 0.840. The van der Waals surface area contributed by atoms with Crippen molar-refractivity contribution in [2.75, 3.05) is 0 Å². The van der Waals surface area contributed by atoms with Crippen LogP contribution in [-0.4, -0.2) is 34.7 Å². The summed E-state index contributed by atoms with van der Waals surface area (Å²) >= 11 is 0. The third-order valence-corrected chi connectivity index (χ3v) is 6.71. The summed E-state index contributed by atoms with van der Waals surface area (Å²) in [5, 5.41) is 14.4. The monoisotopic (exact) mass is 493 g/mol. The van der Waals surface area contributed by atoms with Crippen LogP contribution in [0.5, 0.6) is 0 Å². The Morgan fingerprint density at radius 1 is 1.03 bits per heavy atom. The van der Waals surface area contributed by atoms with Gasteiger partial charge >= 0.3 is 5.69 Å². The first-order valence-electron chi connectivity index (χ1n) is 12.7. The molecule has 0 bridgehead atoms. The van der Waals surface area contributed by atoms with E-state index in [4.69, 9.17) is 0 Å². The second-order valence-corrected chi connectivity index (χ2v) is 9.63. The van der Waals surface area contributed by atoms with E-state index in [1.165, 1.54) is 5.56 Å². The van der Waals surface area contributed by atoms with E-state index in [1.807, 2.05) is 21.4 Å². The van der Waals surface area contributed by atoms with Crippen LogP contribution in [0.4, 0.5) is 0 Å². The predicted octanol–water partition coefficient (Wildman–Crippen LogP) is 5.31. The van der Waals surface area contributed by atoms with Crippen LogP contribution in [0, 0.1) is 6.92 Å². The quantitative estimate of drug-likeness (QED) is 0.316. The van der Waals surface area contributed by atoms with Gasteiger partial charge in [-0.3, -0.25) is 14.1 Å². The van der Waals surface area contributed by atoms with E-state index in [1.54, 1.807) is 12.4 Å². The van der Waals surface area contributed by atoms with Crippen LogP contribution in [0.2, 0.25) is 0 Å². The zero-order valence-electron chi connectivity index (χ0n) is 21.6. The summed E-state index contributed by atoms with van der Waals surface area (Å²) in [6.07, 6.45) is 7.36. The van der Waals surface area contributed by atoms with E-state index in [0.717, 1.165) is 52.0 Å². The number of nitrogens with zero attached hydrogens (tertiary/aromatic N) is 6. The summed E-state index contributed by atoms with van der Waals surface area (Å²) in [5.41, 5.74) is 8.15. The largest absolute Gasteiger partial charge is 0.333 e. The van der Waals surface area contributed by atoms with Crippen molar-refractivity contribution in [1.29, 1.82) is 0 Å². The molecule has 0 aliphatic rings. The van der Waals surface area contributed by atoms with Gasteiger partial charge in [-0.05, 0) is 52.8 Å². The van der Waals surface area contributed by atoms with Crippen molar-refractivity contribution >= 4 is 0 Å². The van der Waals surface area contributed by atoms with E-state index in [0.29, 0.717) is 18.3 Å². The fourth-order valence-corrected chi connectivity index (χ4v) is 4.86. The SMILES string of the molecule is CCCc1cn(-c2c(C)cccc2C(C)C)c(=O)n1Cc1ccc(-c2cnccc2-c2nn[nH]n2)cc1. The lowest BCUT2D eigenvalue weighted by Gasteiger charge is -2.15. The molecule has 0 saturated heterocycles. The van der Waals surface area contributed by atoms with Gasteiger partial charge in [0.2, 0.25) is 5.82 Å².